The summed E-state index contributed by atoms with van der Waals surface area (Å²) in [6.45, 7) is 9.65. The van der Waals surface area contributed by atoms with Crippen LogP contribution in [0.3, 0.4) is 0 Å². The normalized spacial score (nSPS) is 15.0. The van der Waals surface area contributed by atoms with Crippen LogP contribution in [0.15, 0.2) is 90.8 Å². The number of nitrogens with one attached hydrogen (secondary N) is 5. The van der Waals surface area contributed by atoms with Crippen LogP contribution in [0.4, 0.5) is 20.3 Å². The lowest BCUT2D eigenvalue weighted by Crippen LogP contribution is -2.48. The number of thiazole rings is 2. The molecule has 10 rings (SSSR count). The van der Waals surface area contributed by atoms with E-state index in [1.54, 1.807) is 19.1 Å². The number of hydrogen-bond acceptors (Lipinski definition) is 21. The molecule has 6 heterocycles. The van der Waals surface area contributed by atoms with Gasteiger partial charge < -0.3 is 49.1 Å². The van der Waals surface area contributed by atoms with Crippen LogP contribution in [-0.4, -0.2) is 171 Å². The van der Waals surface area contributed by atoms with Crippen LogP contribution >= 0.6 is 22.7 Å². The molecule has 0 aliphatic carbocycles. The zero-order chi connectivity index (χ0) is 62.2. The maximum absolute atomic E-state index is 15.3. The number of methoxy groups -OCH3 is 1. The Hall–Kier alpha value is -8.55. The second kappa shape index (κ2) is 30.6. The van der Waals surface area contributed by atoms with E-state index in [-0.39, 0.29) is 49.1 Å². The molecule has 6 aromatic rings. The van der Waals surface area contributed by atoms with Crippen LogP contribution in [0.5, 0.6) is 5.75 Å². The molecular weight excluding hydrogens is 1180 g/mol. The summed E-state index contributed by atoms with van der Waals surface area (Å²) in [4.78, 5) is 94.6. The topological polar surface area (TPSA) is 251 Å². The van der Waals surface area contributed by atoms with Gasteiger partial charge in [-0.3, -0.25) is 44.5 Å². The van der Waals surface area contributed by atoms with Crippen LogP contribution in [0, 0.1) is 17.7 Å². The van der Waals surface area contributed by atoms with Crippen LogP contribution in [0.2, 0.25) is 0 Å². The van der Waals surface area contributed by atoms with Crippen molar-refractivity contribution in [3.63, 3.8) is 0 Å². The zero-order valence-electron chi connectivity index (χ0n) is 49.8. The Morgan fingerprint density at radius 3 is 2.52 bits per heavy atom. The van der Waals surface area contributed by atoms with Gasteiger partial charge >= 0.3 is 5.97 Å². The predicted octanol–water partition coefficient (Wildman–Crippen LogP) is 6.07. The molecule has 0 saturated carbocycles. The number of amides is 5. The maximum atomic E-state index is 15.3. The van der Waals surface area contributed by atoms with Crippen molar-refractivity contribution in [1.82, 2.24) is 46.0 Å². The fourth-order valence-corrected chi connectivity index (χ4v) is 12.6. The maximum Gasteiger partial charge on any atom is 0.360 e. The highest BCUT2D eigenvalue weighted by Crippen LogP contribution is 2.35. The van der Waals surface area contributed by atoms with Gasteiger partial charge in [0, 0.05) is 107 Å². The SMILES string of the molecule is COCOC(=O)c1nc(N2CCc3cccc(C(=O)Nc4nc5ccccc5s4)c3C2)sc1CCCOc1ccc(C#CCN2CCN(C(=O)CCCN3C=C(COCCOCCNc4cccc5c4C(=O)N(C(C)C(=O)NC(C)=O)C5)NN3)CC2)cc1F. The molecule has 1 saturated heterocycles. The van der Waals surface area contributed by atoms with Gasteiger partial charge in [-0.15, -0.1) is 16.9 Å². The molecule has 2 aromatic heterocycles. The van der Waals surface area contributed by atoms with E-state index in [2.05, 4.69) is 53.5 Å². The first-order valence-corrected chi connectivity index (χ1v) is 31.1. The Balaban J connectivity index is 0.592. The number of hydrazine groups is 2. The molecule has 89 heavy (non-hydrogen) atoms. The van der Waals surface area contributed by atoms with Gasteiger partial charge in [-0.1, -0.05) is 59.6 Å². The molecule has 26 heteroatoms. The second-order valence-electron chi connectivity index (χ2n) is 21.5. The van der Waals surface area contributed by atoms with Gasteiger partial charge in [-0.25, -0.2) is 19.2 Å². The number of fused-ring (bicyclic) bond motifs is 3. The van der Waals surface area contributed by atoms with Gasteiger partial charge in [-0.2, -0.15) is 0 Å². The van der Waals surface area contributed by atoms with Crippen molar-refractivity contribution in [3.8, 4) is 17.6 Å². The molecule has 4 aromatic carbocycles. The number of aromatic nitrogens is 2. The molecule has 23 nitrogen and oxygen atoms in total. The minimum atomic E-state index is -0.800. The lowest BCUT2D eigenvalue weighted by atomic mass is 9.94. The number of piperazine rings is 1. The highest BCUT2D eigenvalue weighted by Gasteiger charge is 2.36. The molecular formula is C63H71FN12O11S2. The van der Waals surface area contributed by atoms with E-state index in [4.69, 9.17) is 28.7 Å². The molecule has 0 radical (unpaired) electrons. The summed E-state index contributed by atoms with van der Waals surface area (Å²) in [5, 5.41) is 11.5. The standard InChI is InChI=1S/C63H71FN12O11S2/c1-41(58(79)66-42(2)77)76-36-45-13-7-16-51(56(45)60(76)81)65-23-32-84-33-34-85-39-46-37-75(71-70-46)25-9-19-55(78)73-29-27-72(28-30-73)24-8-11-43-20-21-52(49(64)35-43)86-31-10-18-54-57(61(82)87-40-83-3)68-63(89-54)74-26-22-44-12-6-14-47(48(44)38-74)59(80)69-62-67-50-15-4-5-17-53(50)88-62/h4-7,12-17,20-21,35,37,41,65,70-71H,9-10,18-19,22-34,36,38-40H2,1-3H3,(H,66,77,79)(H,67,69,80). The number of benzene rings is 4. The Bertz CT molecular complexity index is 3620. The van der Waals surface area contributed by atoms with E-state index in [1.165, 1.54) is 47.7 Å². The number of carbonyl (C=O) groups excluding carboxylic acids is 6. The largest absolute Gasteiger partial charge is 0.491 e. The number of ether oxygens (including phenoxy) is 5. The zero-order valence-corrected chi connectivity index (χ0v) is 51.5. The van der Waals surface area contributed by atoms with E-state index < -0.39 is 29.6 Å². The van der Waals surface area contributed by atoms with Gasteiger partial charge in [0.25, 0.3) is 11.8 Å². The first-order chi connectivity index (χ1) is 43.3. The number of halogens is 1. The van der Waals surface area contributed by atoms with Gasteiger partial charge in [0.1, 0.15) is 6.04 Å². The Kier molecular flexibility index (Phi) is 21.8. The van der Waals surface area contributed by atoms with Gasteiger partial charge in [-0.05, 0) is 91.8 Å². The Morgan fingerprint density at radius 1 is 0.876 bits per heavy atom. The first-order valence-electron chi connectivity index (χ1n) is 29.5. The number of carbonyl (C=O) groups is 6. The number of rotatable bonds is 27. The van der Waals surface area contributed by atoms with Gasteiger partial charge in [0.05, 0.1) is 61.1 Å². The number of esters is 1. The first kappa shape index (κ1) is 63.5. The van der Waals surface area contributed by atoms with Crippen molar-refractivity contribution < 1.29 is 56.8 Å². The van der Waals surface area contributed by atoms with E-state index in [1.807, 2.05) is 76.8 Å². The molecule has 5 amide bonds. The summed E-state index contributed by atoms with van der Waals surface area (Å²) in [6, 6.07) is 22.8. The van der Waals surface area contributed by atoms with Crippen LogP contribution in [-0.2, 0) is 59.3 Å². The van der Waals surface area contributed by atoms with Crippen LogP contribution in [0.25, 0.3) is 10.2 Å². The van der Waals surface area contributed by atoms with E-state index in [9.17, 15) is 28.8 Å². The summed E-state index contributed by atoms with van der Waals surface area (Å²) >= 11 is 2.80. The molecule has 0 spiro atoms. The number of nitrogens with zero attached hydrogens (tertiary/aromatic N) is 7. The molecule has 468 valence electrons. The monoisotopic (exact) mass is 1250 g/mol. The summed E-state index contributed by atoms with van der Waals surface area (Å²) in [7, 11) is 1.43. The van der Waals surface area contributed by atoms with Crippen molar-refractivity contribution >= 4 is 84.3 Å². The number of aryl methyl sites for hydroxylation is 1. The third-order valence-electron chi connectivity index (χ3n) is 15.3. The van der Waals surface area contributed by atoms with Crippen molar-refractivity contribution in [1.29, 1.82) is 0 Å². The van der Waals surface area contributed by atoms with Crippen LogP contribution in [0.1, 0.15) is 91.4 Å². The average Bonchev–Trinajstić information content (AvgIpc) is 1.96. The average molecular weight is 1260 g/mol. The lowest BCUT2D eigenvalue weighted by molar-refractivity contribution is -0.133. The minimum absolute atomic E-state index is 0.0924. The summed E-state index contributed by atoms with van der Waals surface area (Å²) < 4.78 is 44.0. The Labute approximate surface area is 522 Å². The van der Waals surface area contributed by atoms with Crippen molar-refractivity contribution in [2.75, 3.05) is 115 Å². The van der Waals surface area contributed by atoms with E-state index in [0.29, 0.717) is 155 Å². The quantitative estimate of drug-likeness (QED) is 0.0170. The molecule has 4 aliphatic heterocycles. The van der Waals surface area contributed by atoms with Gasteiger partial charge in [0.15, 0.2) is 34.3 Å². The molecule has 1 unspecified atom stereocenters. The predicted molar refractivity (Wildman–Crippen MR) is 333 cm³/mol. The van der Waals surface area contributed by atoms with Crippen LogP contribution < -0.4 is 36.5 Å². The number of hydrogen-bond donors (Lipinski definition) is 5. The molecule has 1 atom stereocenters. The van der Waals surface area contributed by atoms with E-state index in [0.717, 1.165) is 32.6 Å². The highest BCUT2D eigenvalue weighted by molar-refractivity contribution is 7.22. The van der Waals surface area contributed by atoms with Crippen molar-refractivity contribution in [2.24, 2.45) is 0 Å². The summed E-state index contributed by atoms with van der Waals surface area (Å²) in [6.07, 6.45) is 4.52. The third kappa shape index (κ3) is 16.6. The number of para-hydroxylation sites is 1. The lowest BCUT2D eigenvalue weighted by Gasteiger charge is -2.33. The molecule has 4 aliphatic rings. The summed E-state index contributed by atoms with van der Waals surface area (Å²) in [5.74, 6) is 3.74. The smallest absolute Gasteiger partial charge is 0.360 e. The fourth-order valence-electron chi connectivity index (χ4n) is 10.6. The van der Waals surface area contributed by atoms with Gasteiger partial charge in [0.2, 0.25) is 17.7 Å². The van der Waals surface area contributed by atoms with Crippen molar-refractivity contribution in [3.05, 3.63) is 141 Å². The highest BCUT2D eigenvalue weighted by atomic mass is 32.1. The fraction of sp³-hybridized carbons (Fsp3) is 0.397. The molecule has 5 N–H and O–H groups in total. The second-order valence-corrected chi connectivity index (χ2v) is 23.6. The summed E-state index contributed by atoms with van der Waals surface area (Å²) in [5.41, 5.74) is 13.0. The minimum Gasteiger partial charge on any atom is -0.491 e. The van der Waals surface area contributed by atoms with E-state index >= 15 is 4.39 Å². The third-order valence-corrected chi connectivity index (χ3v) is 17.4. The number of anilines is 3. The molecule has 0 bridgehead atoms. The molecule has 1 fully saturated rings. The Morgan fingerprint density at radius 2 is 1.70 bits per heavy atom. The number of imide groups is 1. The van der Waals surface area contributed by atoms with Crippen molar-refractivity contribution in [2.45, 2.75) is 65.1 Å².